The maximum absolute atomic E-state index is 11.7. The molecule has 1 rings (SSSR count). The second-order valence-electron chi connectivity index (χ2n) is 6.66. The molecular formula is C13H24N2O3S. The molecule has 0 radical (unpaired) electrons. The molecule has 0 aliphatic carbocycles. The highest BCUT2D eigenvalue weighted by Crippen LogP contribution is 2.34. The van der Waals surface area contributed by atoms with Gasteiger partial charge in [0.1, 0.15) is 16.1 Å². The minimum atomic E-state index is -1.23. The third-order valence-electron chi connectivity index (χ3n) is 3.32. The molecule has 110 valence electrons. The van der Waals surface area contributed by atoms with Crippen molar-refractivity contribution in [3.63, 3.8) is 0 Å². The molecule has 1 amide bonds. The standard InChI is InChI=1S/C13H24N2O3S/c1-12(2,3)19(18)14-7-6-10-8-13(4,5)15(9-10)11(16)17/h7,10H,6,8-9H2,1-5H3,(H,16,17)/b14-7+/t10-,19?/m0/s1. The van der Waals surface area contributed by atoms with Gasteiger partial charge in [0.2, 0.25) is 0 Å². The molecule has 1 fully saturated rings. The van der Waals surface area contributed by atoms with Crippen LogP contribution in [-0.2, 0) is 11.4 Å². The Hall–Kier alpha value is -0.750. The Morgan fingerprint density at radius 1 is 1.58 bits per heavy atom. The quantitative estimate of drug-likeness (QED) is 0.640. The molecule has 0 spiro atoms. The van der Waals surface area contributed by atoms with Crippen molar-refractivity contribution in [2.45, 2.75) is 57.7 Å². The summed E-state index contributed by atoms with van der Waals surface area (Å²) in [5.41, 5.74) is -0.326. The summed E-state index contributed by atoms with van der Waals surface area (Å²) >= 11 is -1.23. The van der Waals surface area contributed by atoms with Crippen molar-refractivity contribution >= 4 is 23.7 Å². The average molecular weight is 288 g/mol. The number of nitrogens with zero attached hydrogens (tertiary/aromatic N) is 2. The van der Waals surface area contributed by atoms with Gasteiger partial charge >= 0.3 is 6.09 Å². The SMILES string of the molecule is CC1(C)C[C@H](C/C=N/[S+]([O-])C(C)(C)C)CN1C(=O)O. The van der Waals surface area contributed by atoms with Crippen LogP contribution in [0.1, 0.15) is 47.5 Å². The first-order chi connectivity index (χ1) is 8.54. The third kappa shape index (κ3) is 4.38. The number of carbonyl (C=O) groups is 1. The molecule has 1 N–H and O–H groups in total. The fourth-order valence-corrected chi connectivity index (χ4v) is 2.84. The Labute approximate surface area is 118 Å². The van der Waals surface area contributed by atoms with E-state index in [0.29, 0.717) is 13.0 Å². The predicted molar refractivity (Wildman–Crippen MR) is 77.9 cm³/mol. The van der Waals surface area contributed by atoms with Gasteiger partial charge < -0.3 is 14.6 Å². The number of likely N-dealkylation sites (tertiary alicyclic amines) is 1. The molecule has 0 aromatic heterocycles. The van der Waals surface area contributed by atoms with Crippen LogP contribution in [-0.4, -0.2) is 43.7 Å². The third-order valence-corrected chi connectivity index (χ3v) is 4.71. The van der Waals surface area contributed by atoms with E-state index in [4.69, 9.17) is 5.11 Å². The molecule has 1 aliphatic rings. The van der Waals surface area contributed by atoms with Crippen LogP contribution in [0, 0.1) is 5.92 Å². The normalized spacial score (nSPS) is 24.9. The highest BCUT2D eigenvalue weighted by atomic mass is 32.2. The van der Waals surface area contributed by atoms with Gasteiger partial charge in [-0.1, -0.05) is 4.40 Å². The summed E-state index contributed by atoms with van der Waals surface area (Å²) in [6.07, 6.45) is 2.30. The summed E-state index contributed by atoms with van der Waals surface area (Å²) in [6, 6.07) is 0. The number of amides is 1. The topological polar surface area (TPSA) is 76.0 Å². The van der Waals surface area contributed by atoms with Crippen LogP contribution in [0.2, 0.25) is 0 Å². The van der Waals surface area contributed by atoms with Crippen molar-refractivity contribution in [3.05, 3.63) is 0 Å². The van der Waals surface area contributed by atoms with E-state index in [0.717, 1.165) is 6.42 Å². The lowest BCUT2D eigenvalue weighted by Gasteiger charge is -2.28. The molecular weight excluding hydrogens is 264 g/mol. The van der Waals surface area contributed by atoms with Gasteiger partial charge in [-0.05, 0) is 53.4 Å². The Morgan fingerprint density at radius 3 is 2.58 bits per heavy atom. The first-order valence-corrected chi connectivity index (χ1v) is 7.60. The molecule has 1 unspecified atom stereocenters. The second-order valence-corrected chi connectivity index (χ2v) is 8.59. The minimum absolute atomic E-state index is 0.256. The summed E-state index contributed by atoms with van der Waals surface area (Å²) in [5, 5.41) is 9.13. The highest BCUT2D eigenvalue weighted by molar-refractivity contribution is 7.91. The largest absolute Gasteiger partial charge is 0.591 e. The fraction of sp³-hybridized carbons (Fsp3) is 0.846. The average Bonchev–Trinajstić information content (AvgIpc) is 2.52. The lowest BCUT2D eigenvalue weighted by Crippen LogP contribution is -2.41. The van der Waals surface area contributed by atoms with E-state index in [1.54, 1.807) is 6.21 Å². The van der Waals surface area contributed by atoms with Crippen LogP contribution in [0.25, 0.3) is 0 Å². The van der Waals surface area contributed by atoms with Crippen molar-refractivity contribution in [2.24, 2.45) is 10.3 Å². The Kier molecular flexibility index (Phi) is 4.90. The predicted octanol–water partition coefficient (Wildman–Crippen LogP) is 2.69. The summed E-state index contributed by atoms with van der Waals surface area (Å²) in [5.74, 6) is 0.256. The second kappa shape index (κ2) is 5.71. The number of hydrogen-bond donors (Lipinski definition) is 1. The monoisotopic (exact) mass is 288 g/mol. The zero-order valence-corrected chi connectivity index (χ0v) is 13.2. The lowest BCUT2D eigenvalue weighted by atomic mass is 9.95. The first kappa shape index (κ1) is 16.3. The fourth-order valence-electron chi connectivity index (χ4n) is 2.30. The van der Waals surface area contributed by atoms with E-state index in [1.807, 2.05) is 34.6 Å². The molecule has 5 nitrogen and oxygen atoms in total. The van der Waals surface area contributed by atoms with Crippen LogP contribution in [0.5, 0.6) is 0 Å². The van der Waals surface area contributed by atoms with Crippen LogP contribution in [0.15, 0.2) is 4.40 Å². The molecule has 19 heavy (non-hydrogen) atoms. The Morgan fingerprint density at radius 2 is 2.16 bits per heavy atom. The van der Waals surface area contributed by atoms with Gasteiger partial charge in [-0.3, -0.25) is 0 Å². The van der Waals surface area contributed by atoms with E-state index in [-0.39, 0.29) is 16.2 Å². The maximum Gasteiger partial charge on any atom is 0.407 e. The van der Waals surface area contributed by atoms with Crippen LogP contribution >= 0.6 is 0 Å². The van der Waals surface area contributed by atoms with Gasteiger partial charge in [0, 0.05) is 12.1 Å². The number of carboxylic acid groups (broad SMARTS) is 1. The van der Waals surface area contributed by atoms with Crippen LogP contribution in [0.3, 0.4) is 0 Å². The minimum Gasteiger partial charge on any atom is -0.591 e. The van der Waals surface area contributed by atoms with Gasteiger partial charge in [-0.25, -0.2) is 4.79 Å². The summed E-state index contributed by atoms with van der Waals surface area (Å²) < 4.78 is 15.5. The molecule has 1 saturated heterocycles. The van der Waals surface area contributed by atoms with Gasteiger partial charge in [-0.2, -0.15) is 0 Å². The number of rotatable bonds is 3. The van der Waals surface area contributed by atoms with Crippen molar-refractivity contribution < 1.29 is 14.5 Å². The molecule has 6 heteroatoms. The molecule has 0 saturated carbocycles. The Balaban J connectivity index is 2.53. The van der Waals surface area contributed by atoms with Crippen molar-refractivity contribution in [2.75, 3.05) is 6.54 Å². The molecule has 0 bridgehead atoms. The van der Waals surface area contributed by atoms with Crippen molar-refractivity contribution in [1.82, 2.24) is 4.90 Å². The van der Waals surface area contributed by atoms with Gasteiger partial charge in [0.15, 0.2) is 0 Å². The Bertz CT molecular complexity index is 363. The van der Waals surface area contributed by atoms with E-state index < -0.39 is 17.5 Å². The number of hydrogen-bond acceptors (Lipinski definition) is 3. The van der Waals surface area contributed by atoms with Crippen molar-refractivity contribution in [3.8, 4) is 0 Å². The maximum atomic E-state index is 11.7. The van der Waals surface area contributed by atoms with E-state index in [1.165, 1.54) is 4.90 Å². The van der Waals surface area contributed by atoms with E-state index in [2.05, 4.69) is 4.40 Å². The van der Waals surface area contributed by atoms with Crippen molar-refractivity contribution in [1.29, 1.82) is 0 Å². The smallest absolute Gasteiger partial charge is 0.407 e. The van der Waals surface area contributed by atoms with Crippen LogP contribution < -0.4 is 0 Å². The summed E-state index contributed by atoms with van der Waals surface area (Å²) in [7, 11) is 0. The first-order valence-electron chi connectivity index (χ1n) is 6.49. The van der Waals surface area contributed by atoms with E-state index >= 15 is 0 Å². The summed E-state index contributed by atoms with van der Waals surface area (Å²) in [6.45, 7) is 10.0. The molecule has 0 aromatic rings. The zero-order valence-electron chi connectivity index (χ0n) is 12.3. The van der Waals surface area contributed by atoms with Gasteiger partial charge in [-0.15, -0.1) is 0 Å². The van der Waals surface area contributed by atoms with Gasteiger partial charge in [0.05, 0.1) is 6.21 Å². The van der Waals surface area contributed by atoms with Gasteiger partial charge in [0.25, 0.3) is 0 Å². The lowest BCUT2D eigenvalue weighted by molar-refractivity contribution is 0.117. The molecule has 1 aliphatic heterocycles. The van der Waals surface area contributed by atoms with Crippen LogP contribution in [0.4, 0.5) is 4.79 Å². The molecule has 0 aromatic carbocycles. The van der Waals surface area contributed by atoms with E-state index in [9.17, 15) is 9.35 Å². The zero-order chi connectivity index (χ0) is 14.8. The molecule has 2 atom stereocenters. The highest BCUT2D eigenvalue weighted by Gasteiger charge is 2.40. The molecule has 1 heterocycles. The summed E-state index contributed by atoms with van der Waals surface area (Å²) in [4.78, 5) is 12.6.